The Hall–Kier alpha value is -0.530. The van der Waals surface area contributed by atoms with Gasteiger partial charge in [-0.05, 0) is 13.8 Å². The van der Waals surface area contributed by atoms with E-state index in [1.54, 1.807) is 0 Å². The standard InChI is InChI=1S/C4H9NO/c1-4(2)5-3-6/h3-4H,1-2H3,(H,5,6)/i3D. The minimum Gasteiger partial charge on any atom is -0.357 e. The second-order valence-corrected chi connectivity index (χ2v) is 1.40. The summed E-state index contributed by atoms with van der Waals surface area (Å²) in [5.74, 6) is 0. The topological polar surface area (TPSA) is 29.1 Å². The first-order valence-electron chi connectivity index (χ1n) is 2.40. The van der Waals surface area contributed by atoms with Gasteiger partial charge in [0.05, 0.1) is 0 Å². The molecule has 0 saturated carbocycles. The molecule has 1 N–H and O–H groups in total. The SMILES string of the molecule is [2H]C(=O)NC(C)C. The first-order valence-corrected chi connectivity index (χ1v) is 1.90. The van der Waals surface area contributed by atoms with Crippen molar-refractivity contribution in [2.45, 2.75) is 19.9 Å². The van der Waals surface area contributed by atoms with E-state index in [4.69, 9.17) is 1.37 Å². The number of hydrogen-bond acceptors (Lipinski definition) is 1. The van der Waals surface area contributed by atoms with Gasteiger partial charge >= 0.3 is 0 Å². The maximum atomic E-state index is 9.81. The smallest absolute Gasteiger partial charge is 0.207 e. The van der Waals surface area contributed by atoms with Crippen molar-refractivity contribution in [1.82, 2.24) is 5.32 Å². The zero-order valence-corrected chi connectivity index (χ0v) is 3.99. The zero-order valence-electron chi connectivity index (χ0n) is 4.99. The highest BCUT2D eigenvalue weighted by atomic mass is 16.1. The molecule has 0 aromatic heterocycles. The van der Waals surface area contributed by atoms with E-state index in [1.165, 1.54) is 0 Å². The van der Waals surface area contributed by atoms with E-state index in [-0.39, 0.29) is 6.04 Å². The van der Waals surface area contributed by atoms with Gasteiger partial charge in [0.15, 0.2) is 0 Å². The summed E-state index contributed by atoms with van der Waals surface area (Å²) in [4.78, 5) is 9.81. The lowest BCUT2D eigenvalue weighted by molar-refractivity contribution is -0.109. The summed E-state index contributed by atoms with van der Waals surface area (Å²) in [7, 11) is 0. The molecule has 1 amide bonds. The lowest BCUT2D eigenvalue weighted by atomic mass is 10.4. The highest BCUT2D eigenvalue weighted by Crippen LogP contribution is 1.67. The Morgan fingerprint density at radius 2 is 2.50 bits per heavy atom. The summed E-state index contributed by atoms with van der Waals surface area (Å²) in [6.07, 6.45) is -0.713. The van der Waals surface area contributed by atoms with Crippen LogP contribution in [0.2, 0.25) is 0 Å². The molecule has 0 aromatic carbocycles. The van der Waals surface area contributed by atoms with Crippen molar-refractivity contribution in [1.29, 1.82) is 0 Å². The van der Waals surface area contributed by atoms with Gasteiger partial charge in [0.1, 0.15) is 1.37 Å². The molecule has 0 spiro atoms. The largest absolute Gasteiger partial charge is 0.357 e. The average Bonchev–Trinajstić information content (AvgIpc) is 1.27. The Morgan fingerprint density at radius 1 is 2.00 bits per heavy atom. The fraction of sp³-hybridized carbons (Fsp3) is 0.750. The predicted octanol–water partition coefficient (Wildman–Crippen LogP) is 0.141. The number of carbonyl (C=O) groups excluding carboxylic acids is 1. The van der Waals surface area contributed by atoms with Crippen molar-refractivity contribution in [3.05, 3.63) is 0 Å². The Balaban J connectivity index is 3.13. The van der Waals surface area contributed by atoms with Crippen LogP contribution in [0.15, 0.2) is 0 Å². The van der Waals surface area contributed by atoms with E-state index in [1.807, 2.05) is 13.8 Å². The molecule has 0 aliphatic rings. The van der Waals surface area contributed by atoms with Crippen molar-refractivity contribution in [2.75, 3.05) is 0 Å². The molecule has 6 heavy (non-hydrogen) atoms. The molecule has 0 rings (SSSR count). The molecule has 0 aliphatic heterocycles. The van der Waals surface area contributed by atoms with Crippen molar-refractivity contribution < 1.29 is 6.17 Å². The third-order valence-electron chi connectivity index (χ3n) is 0.348. The Bertz CT molecular complexity index is 72.1. The van der Waals surface area contributed by atoms with Crippen molar-refractivity contribution in [3.63, 3.8) is 0 Å². The van der Waals surface area contributed by atoms with Gasteiger partial charge in [-0.3, -0.25) is 4.79 Å². The summed E-state index contributed by atoms with van der Waals surface area (Å²) in [6, 6.07) is 0.0880. The second-order valence-electron chi connectivity index (χ2n) is 1.40. The average molecular weight is 88.1 g/mol. The predicted molar refractivity (Wildman–Crippen MR) is 24.3 cm³/mol. The molecule has 0 unspecified atom stereocenters. The summed E-state index contributed by atoms with van der Waals surface area (Å²) < 4.78 is 6.36. The van der Waals surface area contributed by atoms with Gasteiger partial charge in [0.2, 0.25) is 6.39 Å². The minimum absolute atomic E-state index is 0.0880. The van der Waals surface area contributed by atoms with Crippen LogP contribution in [-0.4, -0.2) is 12.4 Å². The quantitative estimate of drug-likeness (QED) is 0.454. The van der Waals surface area contributed by atoms with Crippen LogP contribution < -0.4 is 5.32 Å². The molecular formula is C4H9NO. The Labute approximate surface area is 39.0 Å². The zero-order chi connectivity index (χ0) is 5.86. The van der Waals surface area contributed by atoms with Crippen molar-refractivity contribution in [2.24, 2.45) is 0 Å². The van der Waals surface area contributed by atoms with E-state index in [2.05, 4.69) is 5.32 Å². The summed E-state index contributed by atoms with van der Waals surface area (Å²) in [5, 5.41) is 2.33. The van der Waals surface area contributed by atoms with E-state index in [0.717, 1.165) is 0 Å². The third kappa shape index (κ3) is 3.47. The van der Waals surface area contributed by atoms with Gasteiger partial charge in [-0.2, -0.15) is 0 Å². The maximum absolute atomic E-state index is 9.81. The third-order valence-corrected chi connectivity index (χ3v) is 0.348. The van der Waals surface area contributed by atoms with Gasteiger partial charge in [-0.1, -0.05) is 0 Å². The monoisotopic (exact) mass is 88.1 g/mol. The molecule has 0 aromatic rings. The fourth-order valence-electron chi connectivity index (χ4n) is 0.118. The van der Waals surface area contributed by atoms with Crippen molar-refractivity contribution >= 4 is 6.39 Å². The lowest BCUT2D eigenvalue weighted by Gasteiger charge is -1.96. The first-order chi connectivity index (χ1) is 3.13. The molecule has 0 bridgehead atoms. The van der Waals surface area contributed by atoms with Gasteiger partial charge in [-0.15, -0.1) is 0 Å². The molecule has 2 heteroatoms. The summed E-state index contributed by atoms with van der Waals surface area (Å²) >= 11 is 0. The maximum Gasteiger partial charge on any atom is 0.207 e. The molecular weight excluding hydrogens is 78.0 g/mol. The molecule has 0 atom stereocenters. The van der Waals surface area contributed by atoms with Gasteiger partial charge in [0, 0.05) is 6.04 Å². The van der Waals surface area contributed by atoms with Crippen LogP contribution >= 0.6 is 0 Å². The molecule has 0 saturated heterocycles. The number of rotatable bonds is 1. The highest BCUT2D eigenvalue weighted by Gasteiger charge is 1.81. The van der Waals surface area contributed by atoms with Crippen LogP contribution in [0.25, 0.3) is 0 Å². The van der Waals surface area contributed by atoms with Crippen LogP contribution in [0, 0.1) is 0 Å². The van der Waals surface area contributed by atoms with Crippen LogP contribution in [-0.2, 0) is 4.79 Å². The lowest BCUT2D eigenvalue weighted by Crippen LogP contribution is -2.19. The second kappa shape index (κ2) is 2.69. The fourth-order valence-corrected chi connectivity index (χ4v) is 0.118. The van der Waals surface area contributed by atoms with Crippen LogP contribution in [0.1, 0.15) is 15.2 Å². The molecule has 0 radical (unpaired) electrons. The van der Waals surface area contributed by atoms with Crippen LogP contribution in [0.4, 0.5) is 0 Å². The number of amides is 1. The summed E-state index contributed by atoms with van der Waals surface area (Å²) in [5.41, 5.74) is 0. The minimum atomic E-state index is -0.713. The Morgan fingerprint density at radius 3 is 2.50 bits per heavy atom. The van der Waals surface area contributed by atoms with Crippen LogP contribution in [0.5, 0.6) is 0 Å². The van der Waals surface area contributed by atoms with Gasteiger partial charge < -0.3 is 5.32 Å². The molecule has 0 fully saturated rings. The van der Waals surface area contributed by atoms with Crippen molar-refractivity contribution in [3.8, 4) is 0 Å². The molecule has 0 heterocycles. The number of nitrogens with one attached hydrogen (secondary N) is 1. The van der Waals surface area contributed by atoms with E-state index >= 15 is 0 Å². The molecule has 2 nitrogen and oxygen atoms in total. The van der Waals surface area contributed by atoms with E-state index < -0.39 is 6.39 Å². The van der Waals surface area contributed by atoms with Gasteiger partial charge in [-0.25, -0.2) is 0 Å². The normalized spacial score (nSPS) is 10.8. The first kappa shape index (κ1) is 3.65. The molecule has 0 aliphatic carbocycles. The van der Waals surface area contributed by atoms with E-state index in [9.17, 15) is 4.79 Å². The van der Waals surface area contributed by atoms with Gasteiger partial charge in [0.25, 0.3) is 0 Å². The Kier molecular flexibility index (Phi) is 1.64. The molecule has 36 valence electrons. The van der Waals surface area contributed by atoms with Crippen LogP contribution in [0.3, 0.4) is 0 Å². The number of carbonyl (C=O) groups is 1. The highest BCUT2D eigenvalue weighted by molar-refractivity contribution is 5.46. The summed E-state index contributed by atoms with van der Waals surface area (Å²) in [6.45, 7) is 3.62. The van der Waals surface area contributed by atoms with E-state index in [0.29, 0.717) is 0 Å². The number of hydrogen-bond donors (Lipinski definition) is 1.